The predicted molar refractivity (Wildman–Crippen MR) is 83.5 cm³/mol. The van der Waals surface area contributed by atoms with Crippen LogP contribution in [0, 0.1) is 6.92 Å². The van der Waals surface area contributed by atoms with Crippen molar-refractivity contribution in [2.75, 3.05) is 0 Å². The molecule has 0 aliphatic heterocycles. The van der Waals surface area contributed by atoms with Crippen LogP contribution in [0.25, 0.3) is 10.9 Å². The first kappa shape index (κ1) is 13.9. The Hall–Kier alpha value is -2.11. The van der Waals surface area contributed by atoms with Gasteiger partial charge in [0.2, 0.25) is 10.0 Å². The average molecular weight is 300 g/mol. The fourth-order valence-electron chi connectivity index (χ4n) is 2.27. The molecule has 0 fully saturated rings. The summed E-state index contributed by atoms with van der Waals surface area (Å²) in [6.45, 7) is 2.18. The van der Waals surface area contributed by atoms with Gasteiger partial charge < -0.3 is 4.98 Å². The van der Waals surface area contributed by atoms with Crippen LogP contribution in [-0.2, 0) is 16.6 Å². The minimum atomic E-state index is -3.49. The number of rotatable bonds is 4. The van der Waals surface area contributed by atoms with E-state index in [0.29, 0.717) is 0 Å². The van der Waals surface area contributed by atoms with E-state index in [1.54, 1.807) is 24.3 Å². The zero-order valence-corrected chi connectivity index (χ0v) is 12.4. The van der Waals surface area contributed by atoms with Gasteiger partial charge in [-0.1, -0.05) is 35.9 Å². The first-order valence-electron chi connectivity index (χ1n) is 6.67. The molecule has 0 amide bonds. The zero-order chi connectivity index (χ0) is 14.9. The highest BCUT2D eigenvalue weighted by atomic mass is 32.2. The second-order valence-corrected chi connectivity index (χ2v) is 6.76. The van der Waals surface area contributed by atoms with Crippen molar-refractivity contribution in [3.05, 3.63) is 65.9 Å². The summed E-state index contributed by atoms with van der Waals surface area (Å²) in [4.78, 5) is 3.42. The third-order valence-corrected chi connectivity index (χ3v) is 4.87. The Bertz CT molecular complexity index is 865. The maximum absolute atomic E-state index is 12.3. The molecular weight excluding hydrogens is 284 g/mol. The number of sulfonamides is 1. The molecule has 0 aliphatic carbocycles. The second kappa shape index (κ2) is 5.35. The number of benzene rings is 2. The molecule has 0 bridgehead atoms. The molecular formula is C16H16N2O2S. The van der Waals surface area contributed by atoms with E-state index in [0.717, 1.165) is 22.0 Å². The van der Waals surface area contributed by atoms with Gasteiger partial charge >= 0.3 is 0 Å². The number of hydrogen-bond donors (Lipinski definition) is 2. The fraction of sp³-hybridized carbons (Fsp3) is 0.125. The molecule has 1 aromatic heterocycles. The molecule has 0 spiro atoms. The number of nitrogens with one attached hydrogen (secondary N) is 2. The molecule has 3 aromatic rings. The summed E-state index contributed by atoms with van der Waals surface area (Å²) < 4.78 is 27.2. The van der Waals surface area contributed by atoms with E-state index in [1.165, 1.54) is 0 Å². The molecule has 0 radical (unpaired) electrons. The lowest BCUT2D eigenvalue weighted by Crippen LogP contribution is -2.23. The van der Waals surface area contributed by atoms with Crippen LogP contribution < -0.4 is 4.72 Å². The molecule has 4 nitrogen and oxygen atoms in total. The molecule has 2 N–H and O–H groups in total. The average Bonchev–Trinajstić information content (AvgIpc) is 2.94. The Morgan fingerprint density at radius 3 is 2.57 bits per heavy atom. The minimum Gasteiger partial charge on any atom is -0.361 e. The SMILES string of the molecule is Cc1ccc(S(=O)(=O)NCc2cccc3cc[nH]c23)cc1. The Labute approximate surface area is 123 Å². The van der Waals surface area contributed by atoms with Crippen molar-refractivity contribution in [3.8, 4) is 0 Å². The summed E-state index contributed by atoms with van der Waals surface area (Å²) in [6.07, 6.45) is 1.85. The number of aromatic nitrogens is 1. The van der Waals surface area contributed by atoms with Gasteiger partial charge in [-0.2, -0.15) is 0 Å². The van der Waals surface area contributed by atoms with Crippen molar-refractivity contribution in [2.24, 2.45) is 0 Å². The minimum absolute atomic E-state index is 0.258. The molecule has 21 heavy (non-hydrogen) atoms. The largest absolute Gasteiger partial charge is 0.361 e. The molecule has 0 atom stereocenters. The second-order valence-electron chi connectivity index (χ2n) is 5.00. The Morgan fingerprint density at radius 2 is 1.81 bits per heavy atom. The molecule has 0 saturated carbocycles. The van der Waals surface area contributed by atoms with Crippen LogP contribution in [0.15, 0.2) is 59.6 Å². The topological polar surface area (TPSA) is 62.0 Å². The predicted octanol–water partition coefficient (Wildman–Crippen LogP) is 2.95. The summed E-state index contributed by atoms with van der Waals surface area (Å²) in [5, 5.41) is 1.07. The van der Waals surface area contributed by atoms with Crippen LogP contribution in [0.1, 0.15) is 11.1 Å². The van der Waals surface area contributed by atoms with Gasteiger partial charge in [0.25, 0.3) is 0 Å². The van der Waals surface area contributed by atoms with Gasteiger partial charge in [0, 0.05) is 18.3 Å². The van der Waals surface area contributed by atoms with E-state index < -0.39 is 10.0 Å². The van der Waals surface area contributed by atoms with Crippen LogP contribution in [0.4, 0.5) is 0 Å². The Balaban J connectivity index is 1.83. The molecule has 108 valence electrons. The quantitative estimate of drug-likeness (QED) is 0.778. The van der Waals surface area contributed by atoms with Crippen LogP contribution >= 0.6 is 0 Å². The lowest BCUT2D eigenvalue weighted by atomic mass is 10.1. The number of H-pyrrole nitrogens is 1. The van der Waals surface area contributed by atoms with Gasteiger partial charge in [0.1, 0.15) is 0 Å². The van der Waals surface area contributed by atoms with Crippen molar-refractivity contribution in [2.45, 2.75) is 18.4 Å². The molecule has 0 aliphatic rings. The highest BCUT2D eigenvalue weighted by Crippen LogP contribution is 2.17. The number of para-hydroxylation sites is 1. The van der Waals surface area contributed by atoms with Crippen molar-refractivity contribution >= 4 is 20.9 Å². The molecule has 0 unspecified atom stereocenters. The van der Waals surface area contributed by atoms with Gasteiger partial charge in [-0.3, -0.25) is 0 Å². The maximum Gasteiger partial charge on any atom is 0.240 e. The third kappa shape index (κ3) is 2.84. The number of aromatic amines is 1. The highest BCUT2D eigenvalue weighted by molar-refractivity contribution is 7.89. The Kier molecular flexibility index (Phi) is 3.53. The van der Waals surface area contributed by atoms with Gasteiger partial charge in [-0.15, -0.1) is 0 Å². The third-order valence-electron chi connectivity index (χ3n) is 3.46. The van der Waals surface area contributed by atoms with Crippen molar-refractivity contribution in [1.29, 1.82) is 0 Å². The Morgan fingerprint density at radius 1 is 1.05 bits per heavy atom. The first-order chi connectivity index (χ1) is 10.1. The summed E-state index contributed by atoms with van der Waals surface area (Å²) in [5.74, 6) is 0. The van der Waals surface area contributed by atoms with E-state index >= 15 is 0 Å². The van der Waals surface area contributed by atoms with Gasteiger partial charge in [-0.25, -0.2) is 13.1 Å². The molecule has 2 aromatic carbocycles. The van der Waals surface area contributed by atoms with E-state index in [9.17, 15) is 8.42 Å². The van der Waals surface area contributed by atoms with E-state index in [2.05, 4.69) is 9.71 Å². The standard InChI is InChI=1S/C16H16N2O2S/c1-12-5-7-15(8-6-12)21(19,20)18-11-14-4-2-3-13-9-10-17-16(13)14/h2-10,17-18H,11H2,1H3. The van der Waals surface area contributed by atoms with Crippen molar-refractivity contribution in [3.63, 3.8) is 0 Å². The van der Waals surface area contributed by atoms with Gasteiger partial charge in [0.15, 0.2) is 0 Å². The smallest absolute Gasteiger partial charge is 0.240 e. The van der Waals surface area contributed by atoms with Gasteiger partial charge in [0.05, 0.1) is 4.90 Å². The van der Waals surface area contributed by atoms with Crippen LogP contribution in [-0.4, -0.2) is 13.4 Å². The molecule has 0 saturated heterocycles. The maximum atomic E-state index is 12.3. The monoisotopic (exact) mass is 300 g/mol. The first-order valence-corrected chi connectivity index (χ1v) is 8.16. The van der Waals surface area contributed by atoms with E-state index in [-0.39, 0.29) is 11.4 Å². The normalized spacial score (nSPS) is 11.9. The summed E-state index contributed by atoms with van der Waals surface area (Å²) >= 11 is 0. The fourth-order valence-corrected chi connectivity index (χ4v) is 3.28. The molecule has 3 rings (SSSR count). The van der Waals surface area contributed by atoms with Crippen LogP contribution in [0.5, 0.6) is 0 Å². The van der Waals surface area contributed by atoms with Crippen molar-refractivity contribution in [1.82, 2.24) is 9.71 Å². The highest BCUT2D eigenvalue weighted by Gasteiger charge is 2.14. The van der Waals surface area contributed by atoms with Crippen molar-refractivity contribution < 1.29 is 8.42 Å². The summed E-state index contributed by atoms with van der Waals surface area (Å²) in [6, 6.07) is 14.6. The summed E-state index contributed by atoms with van der Waals surface area (Å²) in [5.41, 5.74) is 2.92. The number of hydrogen-bond acceptors (Lipinski definition) is 2. The molecule has 5 heteroatoms. The molecule has 1 heterocycles. The lowest BCUT2D eigenvalue weighted by molar-refractivity contribution is 0.581. The van der Waals surface area contributed by atoms with Crippen LogP contribution in [0.3, 0.4) is 0 Å². The van der Waals surface area contributed by atoms with Crippen LogP contribution in [0.2, 0.25) is 0 Å². The number of fused-ring (bicyclic) bond motifs is 1. The van der Waals surface area contributed by atoms with E-state index in [4.69, 9.17) is 0 Å². The van der Waals surface area contributed by atoms with Gasteiger partial charge in [-0.05, 0) is 36.1 Å². The zero-order valence-electron chi connectivity index (χ0n) is 11.6. The summed E-state index contributed by atoms with van der Waals surface area (Å²) in [7, 11) is -3.49. The van der Waals surface area contributed by atoms with E-state index in [1.807, 2.05) is 37.4 Å². The lowest BCUT2D eigenvalue weighted by Gasteiger charge is -2.08. The number of aryl methyl sites for hydroxylation is 1.